The van der Waals surface area contributed by atoms with Crippen LogP contribution in [0.1, 0.15) is 119 Å². The number of benzene rings is 2. The van der Waals surface area contributed by atoms with Crippen molar-refractivity contribution >= 4 is 11.9 Å². The molecule has 2 aromatic carbocycles. The minimum atomic E-state index is -0.453. The Kier molecular flexibility index (Phi) is 15.2. The highest BCUT2D eigenvalue weighted by Gasteiger charge is 2.12. The second-order valence-electron chi connectivity index (χ2n) is 10.8. The number of hydrogen-bond acceptors (Lipinski definition) is 5. The normalized spacial score (nSPS) is 11.8. The third-order valence-corrected chi connectivity index (χ3v) is 6.73. The molecule has 2 aromatic rings. The van der Waals surface area contributed by atoms with Crippen molar-refractivity contribution in [2.24, 2.45) is 11.8 Å². The predicted octanol–water partition coefficient (Wildman–Crippen LogP) is 9.04. The first-order chi connectivity index (χ1) is 18.4. The number of esters is 2. The van der Waals surface area contributed by atoms with E-state index < -0.39 is 5.97 Å². The average molecular weight is 525 g/mol. The molecule has 210 valence electrons. The van der Waals surface area contributed by atoms with Gasteiger partial charge in [-0.25, -0.2) is 9.59 Å². The molecule has 1 unspecified atom stereocenters. The maximum atomic E-state index is 12.5. The van der Waals surface area contributed by atoms with Crippen LogP contribution in [0.5, 0.6) is 11.5 Å². The fraction of sp³-hybridized carbons (Fsp3) is 0.576. The van der Waals surface area contributed by atoms with E-state index in [2.05, 4.69) is 27.7 Å². The van der Waals surface area contributed by atoms with E-state index in [4.69, 9.17) is 14.2 Å². The molecule has 0 amide bonds. The summed E-state index contributed by atoms with van der Waals surface area (Å²) in [5.41, 5.74) is 0.888. The molecular weight excluding hydrogens is 476 g/mol. The van der Waals surface area contributed by atoms with Crippen molar-refractivity contribution in [2.45, 2.75) is 98.3 Å². The van der Waals surface area contributed by atoms with Crippen molar-refractivity contribution in [1.82, 2.24) is 0 Å². The molecule has 0 aliphatic heterocycles. The summed E-state index contributed by atoms with van der Waals surface area (Å²) in [6, 6.07) is 13.5. The lowest BCUT2D eigenvalue weighted by Crippen LogP contribution is -2.10. The largest absolute Gasteiger partial charge is 0.494 e. The van der Waals surface area contributed by atoms with Crippen LogP contribution in [0.25, 0.3) is 0 Å². The summed E-state index contributed by atoms with van der Waals surface area (Å²) in [4.78, 5) is 24.9. The van der Waals surface area contributed by atoms with E-state index in [0.29, 0.717) is 36.0 Å². The molecule has 38 heavy (non-hydrogen) atoms. The van der Waals surface area contributed by atoms with Crippen molar-refractivity contribution in [3.63, 3.8) is 0 Å². The third kappa shape index (κ3) is 13.1. The van der Waals surface area contributed by atoms with Gasteiger partial charge in [-0.1, -0.05) is 85.5 Å². The molecular formula is C33H48O5. The Bertz CT molecular complexity index is 917. The van der Waals surface area contributed by atoms with Crippen LogP contribution >= 0.6 is 0 Å². The van der Waals surface area contributed by atoms with Gasteiger partial charge >= 0.3 is 11.9 Å². The Balaban J connectivity index is 1.68. The first-order valence-electron chi connectivity index (χ1n) is 14.6. The number of ether oxygens (including phenoxy) is 3. The summed E-state index contributed by atoms with van der Waals surface area (Å²) in [6.45, 7) is 10.0. The zero-order valence-corrected chi connectivity index (χ0v) is 24.0. The molecule has 0 N–H and O–H groups in total. The van der Waals surface area contributed by atoms with Gasteiger partial charge in [0.15, 0.2) is 0 Å². The standard InChI is InChI=1S/C33H48O5/c1-5-6-7-8-9-10-11-24-36-30-19-15-29(16-20-30)33(35)38-31-21-17-28(18-22-31)32(34)37-25-23-27(4)14-12-13-26(2)3/h15-22,26-27H,5-14,23-25H2,1-4H3. The van der Waals surface area contributed by atoms with Crippen molar-refractivity contribution in [3.8, 4) is 11.5 Å². The molecule has 0 saturated heterocycles. The molecule has 5 heteroatoms. The van der Waals surface area contributed by atoms with Crippen LogP contribution in [-0.2, 0) is 4.74 Å². The summed E-state index contributed by atoms with van der Waals surface area (Å²) in [5, 5.41) is 0. The van der Waals surface area contributed by atoms with E-state index in [1.165, 1.54) is 51.4 Å². The van der Waals surface area contributed by atoms with Crippen LogP contribution in [-0.4, -0.2) is 25.2 Å². The number of rotatable bonds is 19. The SMILES string of the molecule is CCCCCCCCCOc1ccc(C(=O)Oc2ccc(C(=O)OCCC(C)CCCC(C)C)cc2)cc1. The fourth-order valence-corrected chi connectivity index (χ4v) is 4.22. The quantitative estimate of drug-likeness (QED) is 0.104. The van der Waals surface area contributed by atoms with Gasteiger partial charge in [0, 0.05) is 0 Å². The van der Waals surface area contributed by atoms with Gasteiger partial charge in [0.05, 0.1) is 24.3 Å². The number of hydrogen-bond donors (Lipinski definition) is 0. The highest BCUT2D eigenvalue weighted by atomic mass is 16.5. The van der Waals surface area contributed by atoms with Gasteiger partial charge in [0.25, 0.3) is 0 Å². The lowest BCUT2D eigenvalue weighted by Gasteiger charge is -2.12. The molecule has 0 aliphatic rings. The maximum absolute atomic E-state index is 12.5. The lowest BCUT2D eigenvalue weighted by atomic mass is 9.98. The zero-order chi connectivity index (χ0) is 27.6. The Morgan fingerprint density at radius 1 is 0.632 bits per heavy atom. The molecule has 0 fully saturated rings. The van der Waals surface area contributed by atoms with Crippen LogP contribution in [0.2, 0.25) is 0 Å². The monoisotopic (exact) mass is 524 g/mol. The van der Waals surface area contributed by atoms with Gasteiger partial charge in [-0.2, -0.15) is 0 Å². The van der Waals surface area contributed by atoms with Crippen LogP contribution in [0.4, 0.5) is 0 Å². The Morgan fingerprint density at radius 2 is 1.21 bits per heavy atom. The highest BCUT2D eigenvalue weighted by molar-refractivity contribution is 5.92. The highest BCUT2D eigenvalue weighted by Crippen LogP contribution is 2.19. The van der Waals surface area contributed by atoms with Crippen molar-refractivity contribution in [1.29, 1.82) is 0 Å². The van der Waals surface area contributed by atoms with Gasteiger partial charge < -0.3 is 14.2 Å². The van der Waals surface area contributed by atoms with E-state index in [1.807, 2.05) is 0 Å². The molecule has 0 spiro atoms. The summed E-state index contributed by atoms with van der Waals surface area (Å²) in [6.07, 6.45) is 13.2. The lowest BCUT2D eigenvalue weighted by molar-refractivity contribution is 0.0483. The van der Waals surface area contributed by atoms with Gasteiger partial charge in [-0.3, -0.25) is 0 Å². The average Bonchev–Trinajstić information content (AvgIpc) is 2.90. The first kappa shape index (κ1) is 31.4. The second kappa shape index (κ2) is 18.4. The van der Waals surface area contributed by atoms with Gasteiger partial charge in [0.1, 0.15) is 11.5 Å². The first-order valence-corrected chi connectivity index (χ1v) is 14.6. The summed E-state index contributed by atoms with van der Waals surface area (Å²) in [5.74, 6) is 1.58. The second-order valence-corrected chi connectivity index (χ2v) is 10.8. The van der Waals surface area contributed by atoms with Crippen molar-refractivity contribution < 1.29 is 23.8 Å². The third-order valence-electron chi connectivity index (χ3n) is 6.73. The Labute approximate surface area is 230 Å². The summed E-state index contributed by atoms with van der Waals surface area (Å²) >= 11 is 0. The van der Waals surface area contributed by atoms with Crippen LogP contribution < -0.4 is 9.47 Å². The van der Waals surface area contributed by atoms with Crippen LogP contribution in [0.15, 0.2) is 48.5 Å². The van der Waals surface area contributed by atoms with Gasteiger partial charge in [-0.05, 0) is 73.2 Å². The minimum Gasteiger partial charge on any atom is -0.494 e. The number of carbonyl (C=O) groups is 2. The molecule has 0 heterocycles. The fourth-order valence-electron chi connectivity index (χ4n) is 4.22. The molecule has 0 aromatic heterocycles. The maximum Gasteiger partial charge on any atom is 0.343 e. The minimum absolute atomic E-state index is 0.357. The molecule has 0 bridgehead atoms. The van der Waals surface area contributed by atoms with Gasteiger partial charge in [-0.15, -0.1) is 0 Å². The van der Waals surface area contributed by atoms with E-state index in [0.717, 1.165) is 30.9 Å². The molecule has 2 rings (SSSR count). The molecule has 0 aliphatic carbocycles. The molecule has 0 saturated carbocycles. The van der Waals surface area contributed by atoms with Crippen LogP contribution in [0.3, 0.4) is 0 Å². The Hall–Kier alpha value is -2.82. The van der Waals surface area contributed by atoms with E-state index in [1.54, 1.807) is 48.5 Å². The number of carbonyl (C=O) groups excluding carboxylic acids is 2. The molecule has 0 radical (unpaired) electrons. The predicted molar refractivity (Wildman–Crippen MR) is 154 cm³/mol. The van der Waals surface area contributed by atoms with E-state index in [9.17, 15) is 9.59 Å². The van der Waals surface area contributed by atoms with Crippen LogP contribution in [0, 0.1) is 11.8 Å². The van der Waals surface area contributed by atoms with Gasteiger partial charge in [0.2, 0.25) is 0 Å². The zero-order valence-electron chi connectivity index (χ0n) is 24.0. The number of unbranched alkanes of at least 4 members (excludes halogenated alkanes) is 6. The topological polar surface area (TPSA) is 61.8 Å². The summed E-state index contributed by atoms with van der Waals surface area (Å²) < 4.78 is 16.7. The van der Waals surface area contributed by atoms with E-state index in [-0.39, 0.29) is 5.97 Å². The van der Waals surface area contributed by atoms with E-state index >= 15 is 0 Å². The van der Waals surface area contributed by atoms with Crippen molar-refractivity contribution in [2.75, 3.05) is 13.2 Å². The molecule has 5 nitrogen and oxygen atoms in total. The van der Waals surface area contributed by atoms with Crippen molar-refractivity contribution in [3.05, 3.63) is 59.7 Å². The Morgan fingerprint density at radius 3 is 1.84 bits per heavy atom. The smallest absolute Gasteiger partial charge is 0.343 e. The summed E-state index contributed by atoms with van der Waals surface area (Å²) in [7, 11) is 0. The molecule has 1 atom stereocenters.